The van der Waals surface area contributed by atoms with Crippen molar-refractivity contribution in [1.82, 2.24) is 25.3 Å². The third kappa shape index (κ3) is 3.64. The average Bonchev–Trinajstić information content (AvgIpc) is 2.84. The lowest BCUT2D eigenvalue weighted by atomic mass is 10.1. The van der Waals surface area contributed by atoms with Crippen LogP contribution in [0.3, 0.4) is 0 Å². The molecule has 17 heavy (non-hydrogen) atoms. The molecule has 0 amide bonds. The topological polar surface area (TPSA) is 55.6 Å². The highest BCUT2D eigenvalue weighted by Gasteiger charge is 1.97. The number of pyridine rings is 1. The van der Waals surface area contributed by atoms with E-state index in [-0.39, 0.29) is 0 Å². The summed E-state index contributed by atoms with van der Waals surface area (Å²) < 4.78 is 1.84. The lowest BCUT2D eigenvalue weighted by Crippen LogP contribution is -2.17. The van der Waals surface area contributed by atoms with E-state index in [0.29, 0.717) is 0 Å². The number of aryl methyl sites for hydroxylation is 2. The van der Waals surface area contributed by atoms with Crippen LogP contribution >= 0.6 is 0 Å². The van der Waals surface area contributed by atoms with E-state index in [2.05, 4.69) is 27.5 Å². The molecule has 2 aromatic rings. The molecule has 5 heteroatoms. The first-order chi connectivity index (χ1) is 8.36. The molecule has 0 saturated heterocycles. The Labute approximate surface area is 101 Å². The smallest absolute Gasteiger partial charge is 0.0692 e. The molecule has 2 rings (SSSR count). The molecular formula is C12H17N5. The Morgan fingerprint density at radius 2 is 2.29 bits per heavy atom. The van der Waals surface area contributed by atoms with Crippen molar-refractivity contribution in [1.29, 1.82) is 0 Å². The maximum atomic E-state index is 4.12. The lowest BCUT2D eigenvalue weighted by Gasteiger charge is -2.06. The summed E-state index contributed by atoms with van der Waals surface area (Å²) in [6, 6.07) is 2.03. The van der Waals surface area contributed by atoms with Crippen LogP contribution in [-0.4, -0.2) is 26.5 Å². The summed E-state index contributed by atoms with van der Waals surface area (Å²) in [5, 5.41) is 11.1. The molecule has 0 aliphatic rings. The molecule has 1 N–H and O–H groups in total. The third-order valence-electron chi connectivity index (χ3n) is 2.68. The first kappa shape index (κ1) is 11.7. The monoisotopic (exact) mass is 231 g/mol. The van der Waals surface area contributed by atoms with Crippen molar-refractivity contribution in [2.24, 2.45) is 0 Å². The number of aromatic nitrogens is 4. The van der Waals surface area contributed by atoms with Crippen molar-refractivity contribution in [2.75, 3.05) is 6.54 Å². The summed E-state index contributed by atoms with van der Waals surface area (Å²) in [6.45, 7) is 4.85. The predicted molar refractivity (Wildman–Crippen MR) is 65.3 cm³/mol. The minimum atomic E-state index is 0.872. The van der Waals surface area contributed by atoms with E-state index < -0.39 is 0 Å². The minimum Gasteiger partial charge on any atom is -0.313 e. The largest absolute Gasteiger partial charge is 0.313 e. The molecule has 0 fully saturated rings. The molecular weight excluding hydrogens is 214 g/mol. The van der Waals surface area contributed by atoms with Gasteiger partial charge in [-0.25, -0.2) is 0 Å². The maximum Gasteiger partial charge on any atom is 0.0692 e. The minimum absolute atomic E-state index is 0.872. The van der Waals surface area contributed by atoms with Gasteiger partial charge in [0.2, 0.25) is 0 Å². The Hall–Kier alpha value is -1.75. The SMILES string of the molecule is Cc1ccncc1CNCCCn1ccnn1. The zero-order valence-electron chi connectivity index (χ0n) is 10.0. The molecule has 2 heterocycles. The molecule has 0 aliphatic heterocycles. The van der Waals surface area contributed by atoms with Gasteiger partial charge in [-0.15, -0.1) is 5.10 Å². The average molecular weight is 231 g/mol. The van der Waals surface area contributed by atoms with Crippen molar-refractivity contribution >= 4 is 0 Å². The van der Waals surface area contributed by atoms with Crippen LogP contribution < -0.4 is 5.32 Å². The van der Waals surface area contributed by atoms with Crippen molar-refractivity contribution < 1.29 is 0 Å². The van der Waals surface area contributed by atoms with E-state index >= 15 is 0 Å². The third-order valence-corrected chi connectivity index (χ3v) is 2.68. The highest BCUT2D eigenvalue weighted by Crippen LogP contribution is 2.03. The van der Waals surface area contributed by atoms with Gasteiger partial charge in [-0.2, -0.15) is 0 Å². The van der Waals surface area contributed by atoms with E-state index in [1.54, 1.807) is 6.20 Å². The highest BCUT2D eigenvalue weighted by molar-refractivity contribution is 5.20. The summed E-state index contributed by atoms with van der Waals surface area (Å²) in [4.78, 5) is 4.12. The molecule has 0 saturated carbocycles. The van der Waals surface area contributed by atoms with E-state index in [1.165, 1.54) is 11.1 Å². The first-order valence-electron chi connectivity index (χ1n) is 5.80. The molecule has 2 aromatic heterocycles. The molecule has 0 aromatic carbocycles. The predicted octanol–water partition coefficient (Wildman–Crippen LogP) is 1.16. The van der Waals surface area contributed by atoms with Gasteiger partial charge < -0.3 is 5.32 Å². The second-order valence-electron chi connectivity index (χ2n) is 4.00. The van der Waals surface area contributed by atoms with Gasteiger partial charge in [-0.1, -0.05) is 5.21 Å². The molecule has 0 aliphatic carbocycles. The zero-order valence-corrected chi connectivity index (χ0v) is 10.0. The van der Waals surface area contributed by atoms with Gasteiger partial charge in [-0.05, 0) is 37.1 Å². The quantitative estimate of drug-likeness (QED) is 0.758. The summed E-state index contributed by atoms with van der Waals surface area (Å²) in [6.07, 6.45) is 8.36. The summed E-state index contributed by atoms with van der Waals surface area (Å²) in [5.41, 5.74) is 2.54. The van der Waals surface area contributed by atoms with Crippen molar-refractivity contribution in [3.8, 4) is 0 Å². The van der Waals surface area contributed by atoms with Crippen molar-refractivity contribution in [3.63, 3.8) is 0 Å². The molecule has 0 atom stereocenters. The van der Waals surface area contributed by atoms with Gasteiger partial charge in [0, 0.05) is 31.7 Å². The second-order valence-corrected chi connectivity index (χ2v) is 4.00. The fourth-order valence-electron chi connectivity index (χ4n) is 1.62. The molecule has 90 valence electrons. The van der Waals surface area contributed by atoms with E-state index in [1.807, 2.05) is 29.3 Å². The Morgan fingerprint density at radius 3 is 3.06 bits per heavy atom. The number of hydrogen-bond acceptors (Lipinski definition) is 4. The Balaban J connectivity index is 1.65. The molecule has 0 bridgehead atoms. The molecule has 0 radical (unpaired) electrons. The van der Waals surface area contributed by atoms with E-state index in [9.17, 15) is 0 Å². The van der Waals surface area contributed by atoms with Crippen LogP contribution in [0.25, 0.3) is 0 Å². The van der Waals surface area contributed by atoms with Crippen molar-refractivity contribution in [2.45, 2.75) is 26.4 Å². The van der Waals surface area contributed by atoms with Crippen LogP contribution in [-0.2, 0) is 13.1 Å². The zero-order chi connectivity index (χ0) is 11.9. The van der Waals surface area contributed by atoms with Crippen LogP contribution in [0.4, 0.5) is 0 Å². The van der Waals surface area contributed by atoms with Gasteiger partial charge in [0.1, 0.15) is 0 Å². The highest BCUT2D eigenvalue weighted by atomic mass is 15.4. The van der Waals surface area contributed by atoms with Crippen LogP contribution in [0.1, 0.15) is 17.5 Å². The lowest BCUT2D eigenvalue weighted by molar-refractivity contribution is 0.529. The molecule has 5 nitrogen and oxygen atoms in total. The maximum absolute atomic E-state index is 4.12. The van der Waals surface area contributed by atoms with Gasteiger partial charge in [0.25, 0.3) is 0 Å². The number of nitrogens with one attached hydrogen (secondary N) is 1. The number of hydrogen-bond donors (Lipinski definition) is 1. The normalized spacial score (nSPS) is 10.6. The fraction of sp³-hybridized carbons (Fsp3) is 0.417. The van der Waals surface area contributed by atoms with E-state index in [0.717, 1.165) is 26.1 Å². The van der Waals surface area contributed by atoms with Crippen molar-refractivity contribution in [3.05, 3.63) is 42.0 Å². The van der Waals surface area contributed by atoms with Gasteiger partial charge in [0.15, 0.2) is 0 Å². The van der Waals surface area contributed by atoms with Crippen LogP contribution in [0.15, 0.2) is 30.9 Å². The summed E-state index contributed by atoms with van der Waals surface area (Å²) in [5.74, 6) is 0. The first-order valence-corrected chi connectivity index (χ1v) is 5.80. The van der Waals surface area contributed by atoms with Gasteiger partial charge >= 0.3 is 0 Å². The van der Waals surface area contributed by atoms with Gasteiger partial charge in [-0.3, -0.25) is 9.67 Å². The standard InChI is InChI=1S/C12H17N5/c1-11-3-5-14-10-12(11)9-13-4-2-7-17-8-6-15-16-17/h3,5-6,8,10,13H,2,4,7,9H2,1H3. The Kier molecular flexibility index (Phi) is 4.21. The van der Waals surface area contributed by atoms with Crippen LogP contribution in [0, 0.1) is 6.92 Å². The Bertz CT molecular complexity index is 438. The summed E-state index contributed by atoms with van der Waals surface area (Å²) in [7, 11) is 0. The number of nitrogens with zero attached hydrogens (tertiary/aromatic N) is 4. The molecule has 0 spiro atoms. The van der Waals surface area contributed by atoms with Crippen LogP contribution in [0.5, 0.6) is 0 Å². The molecule has 0 unspecified atom stereocenters. The number of rotatable bonds is 6. The van der Waals surface area contributed by atoms with E-state index in [4.69, 9.17) is 0 Å². The fourth-order valence-corrected chi connectivity index (χ4v) is 1.62. The summed E-state index contributed by atoms with van der Waals surface area (Å²) >= 11 is 0. The Morgan fingerprint density at radius 1 is 1.35 bits per heavy atom. The van der Waals surface area contributed by atoms with Gasteiger partial charge in [0.05, 0.1) is 6.20 Å². The van der Waals surface area contributed by atoms with Crippen LogP contribution in [0.2, 0.25) is 0 Å². The second kappa shape index (κ2) is 6.10.